The van der Waals surface area contributed by atoms with Crippen molar-refractivity contribution in [2.24, 2.45) is 5.92 Å². The largest absolute Gasteiger partial charge is 0.488 e. The molecule has 4 saturated heterocycles. The number of anilines is 2. The van der Waals surface area contributed by atoms with Gasteiger partial charge in [-0.1, -0.05) is 33.8 Å². The van der Waals surface area contributed by atoms with Crippen LogP contribution >= 0.6 is 0 Å². The van der Waals surface area contributed by atoms with Crippen LogP contribution < -0.4 is 31.1 Å². The first-order valence-corrected chi connectivity index (χ1v) is 24.0. The number of amides is 5. The first-order chi connectivity index (χ1) is 31.4. The summed E-state index contributed by atoms with van der Waals surface area (Å²) in [6.07, 6.45) is 8.72. The van der Waals surface area contributed by atoms with Gasteiger partial charge < -0.3 is 30.2 Å². The van der Waals surface area contributed by atoms with Crippen molar-refractivity contribution < 1.29 is 36.0 Å². The van der Waals surface area contributed by atoms with Crippen LogP contribution in [0.3, 0.4) is 0 Å². The van der Waals surface area contributed by atoms with Crippen molar-refractivity contribution in [3.05, 3.63) is 76.6 Å². The molecule has 2 aromatic rings. The van der Waals surface area contributed by atoms with E-state index in [0.717, 1.165) is 73.4 Å². The topological polar surface area (TPSA) is 159 Å². The van der Waals surface area contributed by atoms with Crippen molar-refractivity contribution in [1.82, 2.24) is 35.7 Å². The number of nitrogens with zero attached hydrogens (tertiary/aromatic N) is 5. The lowest BCUT2D eigenvalue weighted by Gasteiger charge is -2.44. The van der Waals surface area contributed by atoms with Gasteiger partial charge in [0, 0.05) is 105 Å². The third-order valence-electron chi connectivity index (χ3n) is 14.1. The number of ether oxygens (including phenoxy) is 1. The van der Waals surface area contributed by atoms with Gasteiger partial charge in [0.25, 0.3) is 11.8 Å². The zero-order valence-corrected chi connectivity index (χ0v) is 38.6. The molecule has 16 heteroatoms. The Hall–Kier alpha value is -5.48. The van der Waals surface area contributed by atoms with E-state index in [-0.39, 0.29) is 50.3 Å². The van der Waals surface area contributed by atoms with Gasteiger partial charge in [-0.15, -0.1) is 0 Å². The van der Waals surface area contributed by atoms with Crippen molar-refractivity contribution in [3.8, 4) is 5.75 Å². The van der Waals surface area contributed by atoms with Crippen LogP contribution in [0.15, 0.2) is 59.9 Å². The number of hydrogen-bond acceptors (Lipinski definition) is 12. The summed E-state index contributed by atoms with van der Waals surface area (Å²) in [5, 5.41) is 5.79. The number of benzene rings is 2. The van der Waals surface area contributed by atoms with E-state index in [1.54, 1.807) is 18.2 Å². The second-order valence-electron chi connectivity index (χ2n) is 18.3. The fourth-order valence-electron chi connectivity index (χ4n) is 10.1. The summed E-state index contributed by atoms with van der Waals surface area (Å²) in [6.45, 7) is 16.4. The lowest BCUT2D eigenvalue weighted by atomic mass is 9.89. The lowest BCUT2D eigenvalue weighted by Crippen LogP contribution is -2.55. The molecule has 0 aromatic heterocycles. The third kappa shape index (κ3) is 9.60. The number of carbonyl (C=O) groups is 5. The van der Waals surface area contributed by atoms with Gasteiger partial charge in [0.1, 0.15) is 28.9 Å². The minimum Gasteiger partial charge on any atom is -0.488 e. The molecule has 1 saturated carbocycles. The molecule has 5 fully saturated rings. The Bertz CT molecular complexity index is 2230. The highest BCUT2D eigenvalue weighted by Crippen LogP contribution is 2.43. The molecule has 2 atom stereocenters. The number of carbonyl (C=O) groups excluding carboxylic acids is 5. The number of nitrogens with one attached hydrogen (secondary N) is 4. The maximum Gasteiger partial charge on any atom is 0.262 e. The number of hydrazine groups is 1. The fourth-order valence-corrected chi connectivity index (χ4v) is 10.1. The molecule has 0 spiro atoms. The normalized spacial score (nSPS) is 24.8. The summed E-state index contributed by atoms with van der Waals surface area (Å²) < 4.78 is 22.6. The van der Waals surface area contributed by atoms with Gasteiger partial charge in [0.2, 0.25) is 17.7 Å². The van der Waals surface area contributed by atoms with E-state index < -0.39 is 35.3 Å². The molecule has 1 aliphatic carbocycles. The Morgan fingerprint density at radius 2 is 1.54 bits per heavy atom. The molecule has 7 aliphatic heterocycles. The lowest BCUT2D eigenvalue weighted by molar-refractivity contribution is -0.139. The minimum atomic E-state index is -1.34. The van der Waals surface area contributed by atoms with Gasteiger partial charge in [-0.2, -0.15) is 0 Å². The van der Waals surface area contributed by atoms with Gasteiger partial charge in [-0.3, -0.25) is 39.1 Å². The SMILES string of the molecule is CC.CC.CC1(Oc2ccc3c(c2)C(C2=CCNC(N4CCN(CC5(F)CCN(C(=O)C6CCN(c7ccc8c(c7)C(=O)N(C7CCC(=O)NC7=O)C8=O)CC6)CC5)CC4)=C2)NN3)CC1.[HH].[HH]. The first kappa shape index (κ1) is 46.1. The Morgan fingerprint density at radius 3 is 2.23 bits per heavy atom. The van der Waals surface area contributed by atoms with Crippen LogP contribution in [0.4, 0.5) is 15.8 Å². The van der Waals surface area contributed by atoms with Gasteiger partial charge in [-0.25, -0.2) is 9.82 Å². The Balaban J connectivity index is 0.00000120. The predicted molar refractivity (Wildman–Crippen MR) is 251 cm³/mol. The summed E-state index contributed by atoms with van der Waals surface area (Å²) in [7, 11) is 0. The van der Waals surface area contributed by atoms with Gasteiger partial charge >= 0.3 is 0 Å². The Morgan fingerprint density at radius 1 is 0.831 bits per heavy atom. The molecule has 65 heavy (non-hydrogen) atoms. The molecule has 5 amide bonds. The van der Waals surface area contributed by atoms with E-state index >= 15 is 4.39 Å². The highest BCUT2D eigenvalue weighted by molar-refractivity contribution is 6.23. The van der Waals surface area contributed by atoms with Crippen LogP contribution in [-0.2, 0) is 14.4 Å². The van der Waals surface area contributed by atoms with Crippen LogP contribution in [0.2, 0.25) is 0 Å². The zero-order chi connectivity index (χ0) is 46.0. The Labute approximate surface area is 385 Å². The molecule has 4 N–H and O–H groups in total. The smallest absolute Gasteiger partial charge is 0.262 e. The maximum atomic E-state index is 16.4. The number of rotatable bonds is 9. The monoisotopic (exact) mass is 900 g/mol. The van der Waals surface area contributed by atoms with Crippen molar-refractivity contribution in [3.63, 3.8) is 0 Å². The van der Waals surface area contributed by atoms with Gasteiger partial charge in [0.15, 0.2) is 0 Å². The standard InChI is InChI=1S/C45H54FN9O6.2C2H6.2H2/c1-44(11-12-44)61-31-3-5-35-34(26-31)39(50-49-35)29-8-15-47-37(24-29)53-22-20-51(21-23-53)27-45(46)13-18-54(19-14-45)41(58)28-9-16-52(17-10-28)30-2-4-32-33(25-30)43(60)55(42(32)59)36-6-7-38(56)48-40(36)57;2*1-2;;/h2-5,8,24-26,28,36,39,47,49-50H,6-7,9-23,27H2,1H3,(H,48,56,57);2*1-2H3;2*1H. The van der Waals surface area contributed by atoms with Crippen molar-refractivity contribution >= 4 is 40.9 Å². The zero-order valence-electron chi connectivity index (χ0n) is 38.6. The van der Waals surface area contributed by atoms with E-state index in [1.165, 1.54) is 11.1 Å². The molecular formula is C49H70FN9O6. The van der Waals surface area contributed by atoms with E-state index in [2.05, 4.69) is 67.4 Å². The summed E-state index contributed by atoms with van der Waals surface area (Å²) >= 11 is 0. The van der Waals surface area contributed by atoms with Crippen LogP contribution in [0, 0.1) is 5.92 Å². The van der Waals surface area contributed by atoms with Crippen LogP contribution in [0.1, 0.15) is 121 Å². The molecule has 0 bridgehead atoms. The molecule has 0 radical (unpaired) electrons. The van der Waals surface area contributed by atoms with Crippen LogP contribution in [-0.4, -0.2) is 132 Å². The van der Waals surface area contributed by atoms with E-state index in [1.807, 2.05) is 38.7 Å². The predicted octanol–water partition coefficient (Wildman–Crippen LogP) is 5.77. The minimum absolute atomic E-state index is 0. The van der Waals surface area contributed by atoms with E-state index in [0.29, 0.717) is 58.4 Å². The van der Waals surface area contributed by atoms with Gasteiger partial charge in [0.05, 0.1) is 22.9 Å². The first-order valence-electron chi connectivity index (χ1n) is 24.0. The van der Waals surface area contributed by atoms with Crippen LogP contribution in [0.5, 0.6) is 5.75 Å². The average Bonchev–Trinajstić information content (AvgIpc) is 3.82. The molecule has 15 nitrogen and oxygen atoms in total. The molecule has 354 valence electrons. The number of piperidine rings is 3. The van der Waals surface area contributed by atoms with Crippen molar-refractivity contribution in [1.29, 1.82) is 0 Å². The second-order valence-corrected chi connectivity index (χ2v) is 18.3. The average molecular weight is 900 g/mol. The van der Waals surface area contributed by atoms with E-state index in [4.69, 9.17) is 4.74 Å². The highest BCUT2D eigenvalue weighted by atomic mass is 19.1. The Kier molecular flexibility index (Phi) is 13.6. The molecular weight excluding hydrogens is 830 g/mol. The number of imide groups is 2. The van der Waals surface area contributed by atoms with Crippen molar-refractivity contribution in [2.75, 3.05) is 75.8 Å². The highest BCUT2D eigenvalue weighted by Gasteiger charge is 2.46. The quantitative estimate of drug-likeness (QED) is 0.226. The summed E-state index contributed by atoms with van der Waals surface area (Å²) in [5.41, 5.74) is 10.1. The fraction of sp³-hybridized carbons (Fsp3) is 0.571. The number of piperazine rings is 1. The van der Waals surface area contributed by atoms with E-state index in [9.17, 15) is 24.0 Å². The second kappa shape index (κ2) is 19.2. The summed E-state index contributed by atoms with van der Waals surface area (Å²) in [5.74, 6) is -0.200. The van der Waals surface area contributed by atoms with Gasteiger partial charge in [-0.05, 0) is 87.1 Å². The number of likely N-dealkylation sites (tertiary alicyclic amines) is 1. The number of dihydropyridines is 1. The molecule has 2 aromatic carbocycles. The molecule has 10 rings (SSSR count). The number of fused-ring (bicyclic) bond motifs is 2. The molecule has 7 heterocycles. The number of halogens is 1. The van der Waals surface area contributed by atoms with Crippen LogP contribution in [0.25, 0.3) is 0 Å². The summed E-state index contributed by atoms with van der Waals surface area (Å²) in [4.78, 5) is 73.8. The third-order valence-corrected chi connectivity index (χ3v) is 14.1. The molecule has 2 unspecified atom stereocenters. The van der Waals surface area contributed by atoms with Crippen molar-refractivity contribution in [2.45, 2.75) is 109 Å². The maximum absolute atomic E-state index is 16.4. The number of hydrogen-bond donors (Lipinski definition) is 4. The molecule has 8 aliphatic rings. The summed E-state index contributed by atoms with van der Waals surface area (Å²) in [6, 6.07) is 10.4. The number of alkyl halides is 1.